The minimum absolute atomic E-state index is 0.799. The highest BCUT2D eigenvalue weighted by atomic mass is 16.8. The van der Waals surface area contributed by atoms with Gasteiger partial charge in [-0.3, -0.25) is 24.0 Å². The van der Waals surface area contributed by atoms with Gasteiger partial charge in [-0.05, 0) is 0 Å². The summed E-state index contributed by atoms with van der Waals surface area (Å²) in [5.74, 6) is -10.0. The van der Waals surface area contributed by atoms with Crippen molar-refractivity contribution in [1.82, 2.24) is 26.6 Å². The lowest BCUT2D eigenvalue weighted by molar-refractivity contribution is -0.400. The van der Waals surface area contributed by atoms with Crippen LogP contribution in [0.15, 0.2) is 0 Å². The molecule has 9 aliphatic rings. The van der Waals surface area contributed by atoms with Crippen LogP contribution in [0.2, 0.25) is 0 Å². The molecule has 121 heavy (non-hydrogen) atoms. The van der Waals surface area contributed by atoms with Crippen molar-refractivity contribution in [2.75, 3.05) is 59.5 Å². The van der Waals surface area contributed by atoms with E-state index in [1.54, 1.807) is 0 Å². The zero-order chi connectivity index (χ0) is 89.6. The fourth-order valence-electron chi connectivity index (χ4n) is 15.6. The minimum atomic E-state index is -3.31. The number of aliphatic hydroxyl groups excluding tert-OH is 25. The van der Waals surface area contributed by atoms with E-state index >= 15 is 0 Å². The maximum absolute atomic E-state index is 13.3. The molecule has 0 aromatic carbocycles. The molecule has 0 aromatic heterocycles. The van der Waals surface area contributed by atoms with Crippen molar-refractivity contribution < 1.29 is 242 Å². The van der Waals surface area contributed by atoms with Gasteiger partial charge in [0.1, 0.15) is 213 Å². The molecule has 698 valence electrons. The van der Waals surface area contributed by atoms with E-state index in [0.29, 0.717) is 0 Å². The first-order valence-corrected chi connectivity index (χ1v) is 38.3. The lowest BCUT2D eigenvalue weighted by Gasteiger charge is -2.51. The van der Waals surface area contributed by atoms with Crippen LogP contribution in [0.25, 0.3) is 0 Å². The van der Waals surface area contributed by atoms with Gasteiger partial charge >= 0.3 is 5.97 Å². The third-order valence-electron chi connectivity index (χ3n) is 21.7. The summed E-state index contributed by atoms with van der Waals surface area (Å²) in [4.78, 5) is 76.4. The number of hydrogen-bond acceptors (Lipinski definition) is 48. The Morgan fingerprint density at radius 3 is 1.10 bits per heavy atom. The molecule has 9 saturated heterocycles. The van der Waals surface area contributed by atoms with E-state index in [2.05, 4.69) is 26.6 Å². The summed E-state index contributed by atoms with van der Waals surface area (Å²) in [5, 5.41) is 303. The average molecular weight is 1770 g/mol. The third-order valence-corrected chi connectivity index (χ3v) is 21.7. The van der Waals surface area contributed by atoms with Crippen LogP contribution in [0.3, 0.4) is 0 Å². The lowest BCUT2D eigenvalue weighted by atomic mass is 9.88. The molecule has 9 aliphatic heterocycles. The maximum atomic E-state index is 13.3. The van der Waals surface area contributed by atoms with Crippen molar-refractivity contribution in [1.29, 1.82) is 0 Å². The van der Waals surface area contributed by atoms with E-state index in [-0.39, 0.29) is 0 Å². The van der Waals surface area contributed by atoms with Crippen molar-refractivity contribution in [3.8, 4) is 0 Å². The second-order valence-electron chi connectivity index (χ2n) is 30.3. The molecule has 0 unspecified atom stereocenters. The van der Waals surface area contributed by atoms with Crippen LogP contribution in [-0.4, -0.2) is 509 Å². The topological polar surface area (TPSA) is 845 Å². The molecule has 54 nitrogen and oxygen atoms in total. The number of rotatable bonds is 33. The van der Waals surface area contributed by atoms with Gasteiger partial charge in [0.05, 0.1) is 71.6 Å². The SMILES string of the molecule is CC(=O)N[C@@H]1[C@@H](O)[C@H](O[C@@H]2O[C@H](CO)[C@@H](O[C@@H]3O[C@H](CO[C@H]4O[C@H](CO)[C@@H](O)[C@H](O)[C@@H]4O[C@@H]4O[C@H](CO)[C@@H](O)[C@H](O)[C@H]4NC(C)=O)[C@@H](O)[C@H](O[C@H]4O[C@H](CO)[C@@H](O)[C@H](O)[C@@H]4O[C@@H]4O[C@H](CO)[C@@H](O[C@@H]5O[C@H](CO)[C@H](O)[C@H](O[C@]6(C(=O)O)C[C@H](O)[C@@H](NC(C)=O)[C@H]([C@H](O)[C@H](O)CO)O6)[C@H]5O)[C@H](O)[C@H]4NC(C)=O)[C@@H]3O)[C@H](O)[C@H]2NC(C)=O)[C@@H](CO)O[C@H]1O. The molecule has 54 heteroatoms. The molecule has 9 rings (SSSR count). The number of aliphatic carboxylic acids is 1. The summed E-state index contributed by atoms with van der Waals surface area (Å²) < 4.78 is 101. The van der Waals surface area contributed by atoms with Crippen LogP contribution in [0.5, 0.6) is 0 Å². The van der Waals surface area contributed by atoms with Crippen LogP contribution >= 0.6 is 0 Å². The summed E-state index contributed by atoms with van der Waals surface area (Å²) in [5.41, 5.74) is 0. The van der Waals surface area contributed by atoms with Gasteiger partial charge in [0.25, 0.3) is 5.79 Å². The highest BCUT2D eigenvalue weighted by Crippen LogP contribution is 2.42. The molecule has 0 aliphatic carbocycles. The van der Waals surface area contributed by atoms with E-state index in [4.69, 9.17) is 80.5 Å². The molecule has 46 atom stereocenters. The largest absolute Gasteiger partial charge is 0.477 e. The Hall–Kier alpha value is -4.86. The van der Waals surface area contributed by atoms with Gasteiger partial charge in [-0.1, -0.05) is 0 Å². The van der Waals surface area contributed by atoms with Crippen LogP contribution in [0.4, 0.5) is 0 Å². The third kappa shape index (κ3) is 22.3. The molecule has 0 aromatic rings. The van der Waals surface area contributed by atoms with E-state index < -0.39 is 383 Å². The number of hydrogen-bond donors (Lipinski definition) is 31. The van der Waals surface area contributed by atoms with Gasteiger partial charge in [0.2, 0.25) is 29.5 Å². The number of aliphatic hydroxyl groups is 25. The average Bonchev–Trinajstić information content (AvgIpc) is 0.751. The van der Waals surface area contributed by atoms with Crippen LogP contribution in [-0.2, 0) is 109 Å². The number of carboxylic acid groups (broad SMARTS) is 1. The molecule has 0 bridgehead atoms. The van der Waals surface area contributed by atoms with Gasteiger partial charge in [0, 0.05) is 41.0 Å². The number of carbonyl (C=O) groups is 6. The quantitative estimate of drug-likeness (QED) is 0.0290. The number of ether oxygens (including phenoxy) is 17. The molecular weight excluding hydrogens is 1660 g/mol. The number of nitrogens with one attached hydrogen (secondary N) is 5. The second-order valence-corrected chi connectivity index (χ2v) is 30.3. The van der Waals surface area contributed by atoms with Crippen LogP contribution < -0.4 is 26.6 Å². The van der Waals surface area contributed by atoms with E-state index in [9.17, 15) is 162 Å². The molecule has 9 heterocycles. The number of carboxylic acids is 1. The van der Waals surface area contributed by atoms with Crippen molar-refractivity contribution in [2.45, 2.75) is 323 Å². The number of carbonyl (C=O) groups excluding carboxylic acids is 5. The first kappa shape index (κ1) is 99.9. The monoisotopic (exact) mass is 1770 g/mol. The van der Waals surface area contributed by atoms with E-state index in [0.717, 1.165) is 34.6 Å². The molecule has 31 N–H and O–H groups in total. The van der Waals surface area contributed by atoms with Gasteiger partial charge in [-0.25, -0.2) is 4.79 Å². The van der Waals surface area contributed by atoms with Crippen molar-refractivity contribution >= 4 is 35.5 Å². The Bertz CT molecular complexity index is 3340. The first-order valence-electron chi connectivity index (χ1n) is 38.3. The molecule has 0 saturated carbocycles. The Morgan fingerprint density at radius 2 is 0.661 bits per heavy atom. The summed E-state index contributed by atoms with van der Waals surface area (Å²) in [6.45, 7) is -5.78. The Balaban J connectivity index is 1.04. The highest BCUT2D eigenvalue weighted by Gasteiger charge is 2.64. The molecule has 5 amide bonds. The van der Waals surface area contributed by atoms with E-state index in [1.165, 1.54) is 0 Å². The van der Waals surface area contributed by atoms with Crippen molar-refractivity contribution in [2.24, 2.45) is 0 Å². The maximum Gasteiger partial charge on any atom is 0.364 e. The van der Waals surface area contributed by atoms with Gasteiger partial charge in [0.15, 0.2) is 50.3 Å². The smallest absolute Gasteiger partial charge is 0.364 e. The summed E-state index contributed by atoms with van der Waals surface area (Å²) in [6, 6.07) is -9.25. The standard InChI is InChI=1S/C67H111N5O49/c1-16(81)68-31-21(86)6-67(66(103)104,120-53(31)36(88)22(87)7-73)121-55-40(92)26(11-77)108-63(49(55)101)116-52-29(14-80)112-61(35(45(52)97)72-20(5)85)119-57-47(99)39(91)25(10-76)110-65(57)117-54-41(93)30(15-105-64-56(46(98)38(90)24(9-75)109-64)118-59-33(70-18(3)83)42(94)37(89)23(8-74)107-59)113-62(48(54)100)115-51-28(13-79)111-60(34(44(51)96)71-19(4)84)114-50-27(12-78)106-58(102)32(43(50)95)69-17(2)82/h21-65,73-80,86-102H,6-15H2,1-5H3,(H,68,81)(H,69,82)(H,70,83)(H,71,84)(H,72,85)(H,103,104)/t21-,22+,23+,24+,25+,26+,27+,28+,29+,30+,31+,32+,33+,34+,35+,36+,37+,38+,39+,40-,41+,42+,43+,44+,45+,46-,47-,48-,49+,50+,51+,52+,53+,54-,55-,56-,57-,58+,59-,60-,61-,62-,63-,64-,65+,67-/m0/s1. The number of amides is 5. The zero-order valence-corrected chi connectivity index (χ0v) is 65.1. The van der Waals surface area contributed by atoms with Gasteiger partial charge in [-0.2, -0.15) is 0 Å². The van der Waals surface area contributed by atoms with Gasteiger partial charge < -0.3 is 240 Å². The Labute approximate surface area is 684 Å². The summed E-state index contributed by atoms with van der Waals surface area (Å²) >= 11 is 0. The fourth-order valence-corrected chi connectivity index (χ4v) is 15.6. The highest BCUT2D eigenvalue weighted by molar-refractivity contribution is 5.77. The molecule has 0 spiro atoms. The predicted molar refractivity (Wildman–Crippen MR) is 372 cm³/mol. The summed E-state index contributed by atoms with van der Waals surface area (Å²) in [6.07, 6.45) is -88.5. The Kier molecular flexibility index (Phi) is 35.7. The predicted octanol–water partition coefficient (Wildman–Crippen LogP) is -20.7. The molecule has 0 radical (unpaired) electrons. The molecular formula is C67H111N5O49. The van der Waals surface area contributed by atoms with Crippen LogP contribution in [0.1, 0.15) is 41.0 Å². The minimum Gasteiger partial charge on any atom is -0.477 e. The Morgan fingerprint density at radius 1 is 0.339 bits per heavy atom. The second kappa shape index (κ2) is 43.3. The van der Waals surface area contributed by atoms with Crippen molar-refractivity contribution in [3.05, 3.63) is 0 Å². The fraction of sp³-hybridized carbons (Fsp3) is 0.910. The van der Waals surface area contributed by atoms with Gasteiger partial charge in [-0.15, -0.1) is 0 Å². The molecule has 9 fully saturated rings. The van der Waals surface area contributed by atoms with E-state index in [1.807, 2.05) is 0 Å². The summed E-state index contributed by atoms with van der Waals surface area (Å²) in [7, 11) is 0. The normalized spacial score (nSPS) is 46.6. The van der Waals surface area contributed by atoms with Crippen molar-refractivity contribution in [3.63, 3.8) is 0 Å². The first-order chi connectivity index (χ1) is 57.1. The lowest BCUT2D eigenvalue weighted by Crippen LogP contribution is -2.71. The zero-order valence-electron chi connectivity index (χ0n) is 65.1. The van der Waals surface area contributed by atoms with Crippen LogP contribution in [0, 0.1) is 0 Å².